The van der Waals surface area contributed by atoms with Gasteiger partial charge in [0.1, 0.15) is 17.4 Å². The minimum Gasteiger partial charge on any atom is -0.345 e. The normalized spacial score (nSPS) is 12.1. The number of hydrogen-bond donors (Lipinski definition) is 1. The molecule has 0 aliphatic carbocycles. The van der Waals surface area contributed by atoms with E-state index in [1.54, 1.807) is 17.5 Å². The number of thiazole rings is 1. The Balaban J connectivity index is 2.07. The van der Waals surface area contributed by atoms with E-state index >= 15 is 0 Å². The average molecular weight is 265 g/mol. The van der Waals surface area contributed by atoms with Crippen molar-refractivity contribution in [2.45, 2.75) is 19.9 Å². The Morgan fingerprint density at radius 3 is 2.50 bits per heavy atom. The Bertz CT molecular complexity index is 554. The zero-order valence-electron chi connectivity index (χ0n) is 9.82. The highest BCUT2D eigenvalue weighted by Crippen LogP contribution is 2.21. The fourth-order valence-corrected chi connectivity index (χ4v) is 2.09. The molecule has 0 aromatic carbocycles. The molecule has 0 spiro atoms. The van der Waals surface area contributed by atoms with Crippen LogP contribution in [0.2, 0.25) is 0 Å². The maximum Gasteiger partial charge on any atom is 0.305 e. The van der Waals surface area contributed by atoms with E-state index in [1.807, 2.05) is 13.8 Å². The Labute approximate surface area is 107 Å². The van der Waals surface area contributed by atoms with E-state index in [1.165, 1.54) is 12.4 Å². The SMILES string of the molecule is Cc1cnc(C(C)Nc2ncc([N+](=O)[O-])cn2)s1. The zero-order valence-corrected chi connectivity index (χ0v) is 10.6. The van der Waals surface area contributed by atoms with Gasteiger partial charge in [-0.2, -0.15) is 0 Å². The molecular weight excluding hydrogens is 254 g/mol. The summed E-state index contributed by atoms with van der Waals surface area (Å²) in [7, 11) is 0. The molecule has 0 amide bonds. The van der Waals surface area contributed by atoms with Crippen molar-refractivity contribution in [1.82, 2.24) is 15.0 Å². The number of anilines is 1. The lowest BCUT2D eigenvalue weighted by atomic mass is 10.3. The number of nitrogens with zero attached hydrogens (tertiary/aromatic N) is 4. The van der Waals surface area contributed by atoms with E-state index in [0.29, 0.717) is 5.95 Å². The summed E-state index contributed by atoms with van der Waals surface area (Å²) in [5.41, 5.74) is -0.127. The molecule has 2 aromatic rings. The molecular formula is C10H11N5O2S. The van der Waals surface area contributed by atoms with E-state index in [2.05, 4.69) is 20.3 Å². The summed E-state index contributed by atoms with van der Waals surface area (Å²) in [6.07, 6.45) is 4.15. The fraction of sp³-hybridized carbons (Fsp3) is 0.300. The number of hydrogen-bond acceptors (Lipinski definition) is 7. The molecule has 0 aliphatic heterocycles. The van der Waals surface area contributed by atoms with Crippen LogP contribution in [0.4, 0.5) is 11.6 Å². The van der Waals surface area contributed by atoms with Crippen LogP contribution in [-0.2, 0) is 0 Å². The third-order valence-electron chi connectivity index (χ3n) is 2.20. The Hall–Kier alpha value is -2.09. The van der Waals surface area contributed by atoms with Gasteiger partial charge in [-0.3, -0.25) is 10.1 Å². The van der Waals surface area contributed by atoms with E-state index in [0.717, 1.165) is 9.88 Å². The highest BCUT2D eigenvalue weighted by Gasteiger charge is 2.12. The van der Waals surface area contributed by atoms with Crippen molar-refractivity contribution in [2.75, 3.05) is 5.32 Å². The first-order valence-electron chi connectivity index (χ1n) is 5.21. The van der Waals surface area contributed by atoms with E-state index < -0.39 is 4.92 Å². The predicted octanol–water partition coefficient (Wildman–Crippen LogP) is 2.32. The number of aromatic nitrogens is 3. The fourth-order valence-electron chi connectivity index (χ4n) is 1.32. The van der Waals surface area contributed by atoms with Gasteiger partial charge in [0.2, 0.25) is 5.95 Å². The number of aryl methyl sites for hydroxylation is 1. The third kappa shape index (κ3) is 2.77. The Kier molecular flexibility index (Phi) is 3.47. The Morgan fingerprint density at radius 1 is 1.33 bits per heavy atom. The molecule has 18 heavy (non-hydrogen) atoms. The molecule has 2 rings (SSSR count). The van der Waals surface area contributed by atoms with Crippen molar-refractivity contribution < 1.29 is 4.92 Å². The van der Waals surface area contributed by atoms with E-state index in [-0.39, 0.29) is 11.7 Å². The molecule has 0 aliphatic rings. The van der Waals surface area contributed by atoms with Gasteiger partial charge in [0, 0.05) is 11.1 Å². The van der Waals surface area contributed by atoms with Crippen molar-refractivity contribution in [1.29, 1.82) is 0 Å². The zero-order chi connectivity index (χ0) is 13.1. The van der Waals surface area contributed by atoms with Gasteiger partial charge >= 0.3 is 5.69 Å². The van der Waals surface area contributed by atoms with Crippen molar-refractivity contribution in [3.63, 3.8) is 0 Å². The molecule has 0 bridgehead atoms. The summed E-state index contributed by atoms with van der Waals surface area (Å²) in [4.78, 5) is 23.1. The van der Waals surface area contributed by atoms with Gasteiger partial charge in [-0.1, -0.05) is 0 Å². The molecule has 2 heterocycles. The first-order chi connectivity index (χ1) is 8.56. The lowest BCUT2D eigenvalue weighted by Gasteiger charge is -2.10. The second kappa shape index (κ2) is 5.05. The van der Waals surface area contributed by atoms with Crippen molar-refractivity contribution in [3.8, 4) is 0 Å². The second-order valence-corrected chi connectivity index (χ2v) is 4.96. The van der Waals surface area contributed by atoms with Gasteiger partial charge in [-0.25, -0.2) is 15.0 Å². The van der Waals surface area contributed by atoms with Crippen LogP contribution in [0.3, 0.4) is 0 Å². The molecule has 2 aromatic heterocycles. The quantitative estimate of drug-likeness (QED) is 0.673. The first-order valence-corrected chi connectivity index (χ1v) is 6.03. The number of nitrogens with one attached hydrogen (secondary N) is 1. The second-order valence-electron chi connectivity index (χ2n) is 3.70. The molecule has 8 heteroatoms. The first kappa shape index (κ1) is 12.4. The average Bonchev–Trinajstić information content (AvgIpc) is 2.76. The number of rotatable bonds is 4. The summed E-state index contributed by atoms with van der Waals surface area (Å²) in [5.74, 6) is 0.348. The van der Waals surface area contributed by atoms with Crippen LogP contribution in [0, 0.1) is 17.0 Å². The minimum absolute atomic E-state index is 0.0369. The lowest BCUT2D eigenvalue weighted by Crippen LogP contribution is -2.09. The lowest BCUT2D eigenvalue weighted by molar-refractivity contribution is -0.385. The topological polar surface area (TPSA) is 93.8 Å². The largest absolute Gasteiger partial charge is 0.345 e. The molecule has 0 radical (unpaired) electrons. The molecule has 1 N–H and O–H groups in total. The van der Waals surface area contributed by atoms with Gasteiger partial charge in [0.15, 0.2) is 0 Å². The Morgan fingerprint density at radius 2 is 2.00 bits per heavy atom. The van der Waals surface area contributed by atoms with Crippen LogP contribution in [0.25, 0.3) is 0 Å². The smallest absolute Gasteiger partial charge is 0.305 e. The van der Waals surface area contributed by atoms with Crippen LogP contribution in [0.1, 0.15) is 22.9 Å². The molecule has 1 unspecified atom stereocenters. The molecule has 0 saturated heterocycles. The molecule has 0 saturated carbocycles. The van der Waals surface area contributed by atoms with Crippen LogP contribution >= 0.6 is 11.3 Å². The van der Waals surface area contributed by atoms with Gasteiger partial charge < -0.3 is 5.32 Å². The molecule has 1 atom stereocenters. The van der Waals surface area contributed by atoms with Gasteiger partial charge in [-0.05, 0) is 13.8 Å². The maximum atomic E-state index is 10.5. The standard InChI is InChI=1S/C10H11N5O2S/c1-6-3-11-9(18-6)7(2)14-10-12-4-8(5-13-10)15(16)17/h3-5,7H,1-2H3,(H,12,13,14). The monoisotopic (exact) mass is 265 g/mol. The molecule has 94 valence electrons. The summed E-state index contributed by atoms with van der Waals surface area (Å²) in [5, 5.41) is 14.4. The van der Waals surface area contributed by atoms with Gasteiger partial charge in [0.25, 0.3) is 0 Å². The van der Waals surface area contributed by atoms with Crippen LogP contribution in [-0.4, -0.2) is 19.9 Å². The van der Waals surface area contributed by atoms with Crippen LogP contribution in [0.5, 0.6) is 0 Å². The van der Waals surface area contributed by atoms with Crippen molar-refractivity contribution in [3.05, 3.63) is 38.6 Å². The minimum atomic E-state index is -0.530. The summed E-state index contributed by atoms with van der Waals surface area (Å²) in [6.45, 7) is 3.92. The summed E-state index contributed by atoms with van der Waals surface area (Å²) in [6, 6.07) is -0.0369. The third-order valence-corrected chi connectivity index (χ3v) is 3.30. The maximum absolute atomic E-state index is 10.5. The van der Waals surface area contributed by atoms with Gasteiger partial charge in [-0.15, -0.1) is 11.3 Å². The van der Waals surface area contributed by atoms with Crippen LogP contribution < -0.4 is 5.32 Å². The highest BCUT2D eigenvalue weighted by molar-refractivity contribution is 7.11. The predicted molar refractivity (Wildman–Crippen MR) is 67.6 cm³/mol. The molecule has 0 fully saturated rings. The van der Waals surface area contributed by atoms with Crippen molar-refractivity contribution >= 4 is 23.0 Å². The van der Waals surface area contributed by atoms with Crippen molar-refractivity contribution in [2.24, 2.45) is 0 Å². The van der Waals surface area contributed by atoms with Gasteiger partial charge in [0.05, 0.1) is 11.0 Å². The summed E-state index contributed by atoms with van der Waals surface area (Å²) >= 11 is 1.59. The number of nitro groups is 1. The highest BCUT2D eigenvalue weighted by atomic mass is 32.1. The molecule has 7 nitrogen and oxygen atoms in total. The van der Waals surface area contributed by atoms with E-state index in [4.69, 9.17) is 0 Å². The summed E-state index contributed by atoms with van der Waals surface area (Å²) < 4.78 is 0. The van der Waals surface area contributed by atoms with Crippen LogP contribution in [0.15, 0.2) is 18.6 Å². The van der Waals surface area contributed by atoms with E-state index in [9.17, 15) is 10.1 Å².